The number of aryl methyl sites for hydroxylation is 3. The van der Waals surface area contributed by atoms with Gasteiger partial charge in [-0.1, -0.05) is 45.4 Å². The van der Waals surface area contributed by atoms with Gasteiger partial charge in [-0.2, -0.15) is 0 Å². The van der Waals surface area contributed by atoms with Crippen molar-refractivity contribution in [3.8, 4) is 11.3 Å². The van der Waals surface area contributed by atoms with Crippen LogP contribution in [0.1, 0.15) is 50.3 Å². The third-order valence-corrected chi connectivity index (χ3v) is 4.64. The quantitative estimate of drug-likeness (QED) is 0.684. The van der Waals surface area contributed by atoms with E-state index in [0.29, 0.717) is 17.8 Å². The summed E-state index contributed by atoms with van der Waals surface area (Å²) in [6.07, 6.45) is 2.32. The molecule has 0 amide bonds. The molecule has 1 aromatic carbocycles. The second-order valence-electron chi connectivity index (χ2n) is 7.29. The van der Waals surface area contributed by atoms with E-state index in [4.69, 9.17) is 0 Å². The maximum Gasteiger partial charge on any atom is 0.212 e. The Morgan fingerprint density at radius 2 is 1.50 bits per heavy atom. The summed E-state index contributed by atoms with van der Waals surface area (Å²) < 4.78 is 2.28. The molecule has 0 aliphatic carbocycles. The first-order valence-electron chi connectivity index (χ1n) is 8.38. The van der Waals surface area contributed by atoms with E-state index in [-0.39, 0.29) is 0 Å². The van der Waals surface area contributed by atoms with Crippen LogP contribution in [-0.2, 0) is 7.05 Å². The zero-order valence-corrected chi connectivity index (χ0v) is 15.1. The number of aromatic nitrogens is 1. The van der Waals surface area contributed by atoms with Crippen molar-refractivity contribution in [1.29, 1.82) is 0 Å². The van der Waals surface area contributed by atoms with Gasteiger partial charge in [0.1, 0.15) is 7.05 Å². The lowest BCUT2D eigenvalue weighted by atomic mass is 9.80. The summed E-state index contributed by atoms with van der Waals surface area (Å²) >= 11 is 0. The number of benzene rings is 1. The van der Waals surface area contributed by atoms with Gasteiger partial charge in [0.2, 0.25) is 5.69 Å². The molecular formula is C21H30N+. The van der Waals surface area contributed by atoms with Crippen molar-refractivity contribution >= 4 is 0 Å². The maximum absolute atomic E-state index is 2.32. The highest BCUT2D eigenvalue weighted by atomic mass is 14.9. The topological polar surface area (TPSA) is 3.88 Å². The molecule has 0 aliphatic heterocycles. The summed E-state index contributed by atoms with van der Waals surface area (Å²) in [6, 6.07) is 11.3. The first-order chi connectivity index (χ1) is 10.3. The summed E-state index contributed by atoms with van der Waals surface area (Å²) in [5.74, 6) is 1.93. The molecule has 0 saturated heterocycles. The summed E-state index contributed by atoms with van der Waals surface area (Å²) in [5.41, 5.74) is 6.71. The van der Waals surface area contributed by atoms with Crippen LogP contribution in [0, 0.1) is 25.7 Å². The van der Waals surface area contributed by atoms with Gasteiger partial charge in [0.25, 0.3) is 0 Å². The number of hydrogen-bond donors (Lipinski definition) is 0. The molecule has 118 valence electrons. The average molecular weight is 296 g/mol. The van der Waals surface area contributed by atoms with Crippen molar-refractivity contribution in [2.75, 3.05) is 0 Å². The molecule has 0 N–H and O–H groups in total. The lowest BCUT2D eigenvalue weighted by Crippen LogP contribution is -2.32. The second-order valence-corrected chi connectivity index (χ2v) is 7.29. The highest BCUT2D eigenvalue weighted by Gasteiger charge is 2.23. The van der Waals surface area contributed by atoms with E-state index in [1.807, 2.05) is 0 Å². The van der Waals surface area contributed by atoms with Crippen molar-refractivity contribution < 1.29 is 4.57 Å². The first kappa shape index (κ1) is 16.7. The Morgan fingerprint density at radius 3 is 2.00 bits per heavy atom. The van der Waals surface area contributed by atoms with E-state index in [2.05, 4.69) is 89.7 Å². The summed E-state index contributed by atoms with van der Waals surface area (Å²) in [4.78, 5) is 0. The molecule has 2 rings (SSSR count). The molecule has 0 atom stereocenters. The maximum atomic E-state index is 2.32. The molecule has 0 saturated carbocycles. The lowest BCUT2D eigenvalue weighted by Gasteiger charge is -2.24. The van der Waals surface area contributed by atoms with Crippen LogP contribution >= 0.6 is 0 Å². The van der Waals surface area contributed by atoms with Gasteiger partial charge < -0.3 is 0 Å². The smallest absolute Gasteiger partial charge is 0.201 e. The summed E-state index contributed by atoms with van der Waals surface area (Å²) in [5, 5.41) is 0. The van der Waals surface area contributed by atoms with Crippen LogP contribution in [0.3, 0.4) is 0 Å². The van der Waals surface area contributed by atoms with Gasteiger partial charge in [0.05, 0.1) is 0 Å². The Morgan fingerprint density at radius 1 is 0.864 bits per heavy atom. The molecule has 1 aromatic heterocycles. The largest absolute Gasteiger partial charge is 0.212 e. The van der Waals surface area contributed by atoms with E-state index in [0.717, 1.165) is 0 Å². The molecule has 0 fully saturated rings. The number of pyridine rings is 1. The first-order valence-corrected chi connectivity index (χ1v) is 8.38. The molecule has 1 heteroatoms. The van der Waals surface area contributed by atoms with E-state index >= 15 is 0 Å². The van der Waals surface area contributed by atoms with E-state index in [1.165, 1.54) is 27.9 Å². The van der Waals surface area contributed by atoms with Gasteiger partial charge in [-0.25, -0.2) is 4.57 Å². The zero-order valence-electron chi connectivity index (χ0n) is 15.1. The molecule has 1 heterocycles. The van der Waals surface area contributed by atoms with E-state index in [9.17, 15) is 0 Å². The highest BCUT2D eigenvalue weighted by molar-refractivity contribution is 5.61. The molecule has 22 heavy (non-hydrogen) atoms. The van der Waals surface area contributed by atoms with Crippen LogP contribution in [0.15, 0.2) is 36.5 Å². The predicted octanol–water partition coefficient (Wildman–Crippen LogP) is 5.19. The minimum atomic E-state index is 0.611. The Labute approximate surface area is 136 Å². The molecule has 1 nitrogen and oxygen atoms in total. The molecule has 0 radical (unpaired) electrons. The predicted molar refractivity (Wildman–Crippen MR) is 94.9 cm³/mol. The summed E-state index contributed by atoms with van der Waals surface area (Å²) in [6.45, 7) is 13.6. The lowest BCUT2D eigenvalue weighted by molar-refractivity contribution is -0.661. The van der Waals surface area contributed by atoms with Crippen LogP contribution in [0.25, 0.3) is 11.3 Å². The van der Waals surface area contributed by atoms with Crippen molar-refractivity contribution in [2.24, 2.45) is 18.9 Å². The van der Waals surface area contributed by atoms with E-state index in [1.54, 1.807) is 0 Å². The van der Waals surface area contributed by atoms with Gasteiger partial charge in [-0.15, -0.1) is 0 Å². The van der Waals surface area contributed by atoms with Crippen molar-refractivity contribution in [1.82, 2.24) is 0 Å². The van der Waals surface area contributed by atoms with Gasteiger partial charge in [0, 0.05) is 17.2 Å². The molecule has 0 aliphatic rings. The van der Waals surface area contributed by atoms with Crippen molar-refractivity contribution in [2.45, 2.75) is 47.5 Å². The van der Waals surface area contributed by atoms with Crippen LogP contribution in [-0.4, -0.2) is 0 Å². The molecular weight excluding hydrogens is 266 g/mol. The Kier molecular flexibility index (Phi) is 5.05. The number of nitrogens with zero attached hydrogens (tertiary/aromatic N) is 1. The second kappa shape index (κ2) is 6.64. The van der Waals surface area contributed by atoms with Crippen LogP contribution in [0.4, 0.5) is 0 Å². The Bertz CT molecular complexity index is 645. The minimum absolute atomic E-state index is 0.611. The Hall–Kier alpha value is -1.63. The third kappa shape index (κ3) is 3.40. The normalized spacial score (nSPS) is 11.7. The number of rotatable bonds is 4. The SMILES string of the molecule is Cc1ccc(-c2ccc(C(C(C)C)C(C)C)c[n+]2C)c(C)c1. The fourth-order valence-corrected chi connectivity index (χ4v) is 3.75. The fraction of sp³-hybridized carbons (Fsp3) is 0.476. The highest BCUT2D eigenvalue weighted by Crippen LogP contribution is 2.32. The molecule has 2 aromatic rings. The van der Waals surface area contributed by atoms with Gasteiger partial charge >= 0.3 is 0 Å². The molecule has 0 unspecified atom stereocenters. The number of hydrogen-bond acceptors (Lipinski definition) is 0. The van der Waals surface area contributed by atoms with Gasteiger partial charge in [-0.05, 0) is 49.3 Å². The van der Waals surface area contributed by atoms with Crippen LogP contribution < -0.4 is 4.57 Å². The van der Waals surface area contributed by atoms with E-state index < -0.39 is 0 Å². The van der Waals surface area contributed by atoms with Crippen LogP contribution in [0.2, 0.25) is 0 Å². The van der Waals surface area contributed by atoms with Crippen molar-refractivity contribution in [3.63, 3.8) is 0 Å². The minimum Gasteiger partial charge on any atom is -0.201 e. The van der Waals surface area contributed by atoms with Gasteiger partial charge in [-0.3, -0.25) is 0 Å². The molecule has 0 bridgehead atoms. The third-order valence-electron chi connectivity index (χ3n) is 4.64. The van der Waals surface area contributed by atoms with Crippen LogP contribution in [0.5, 0.6) is 0 Å². The Balaban J connectivity index is 2.46. The monoisotopic (exact) mass is 296 g/mol. The standard InChI is InChI=1S/C21H30N/c1-14(2)21(15(3)4)18-9-11-20(22(7)13-18)19-10-8-16(5)12-17(19)6/h8-15,21H,1-7H3/q+1. The van der Waals surface area contributed by atoms with Crippen molar-refractivity contribution in [3.05, 3.63) is 53.2 Å². The summed E-state index contributed by atoms with van der Waals surface area (Å²) in [7, 11) is 2.16. The van der Waals surface area contributed by atoms with Gasteiger partial charge in [0.15, 0.2) is 6.20 Å². The zero-order chi connectivity index (χ0) is 16.4. The average Bonchev–Trinajstić information content (AvgIpc) is 2.39. The molecule has 0 spiro atoms. The fourth-order valence-electron chi connectivity index (χ4n) is 3.75.